The summed E-state index contributed by atoms with van der Waals surface area (Å²) in [5, 5.41) is 12.5. The molecule has 1 aromatic rings. The minimum Gasteiger partial charge on any atom is -0.480 e. The third-order valence-corrected chi connectivity index (χ3v) is 2.31. The van der Waals surface area contributed by atoms with E-state index in [4.69, 9.17) is 16.7 Å². The minimum absolute atomic E-state index is 0.531. The zero-order chi connectivity index (χ0) is 11.3. The molecule has 0 saturated carbocycles. The van der Waals surface area contributed by atoms with Crippen LogP contribution in [0.25, 0.3) is 0 Å². The maximum absolute atomic E-state index is 10.9. The smallest absolute Gasteiger partial charge is 0.326 e. The van der Waals surface area contributed by atoms with Gasteiger partial charge in [0.1, 0.15) is 6.04 Å². The van der Waals surface area contributed by atoms with Crippen LogP contribution in [0.2, 0.25) is 5.02 Å². The van der Waals surface area contributed by atoms with Crippen LogP contribution in [-0.2, 0) is 4.79 Å². The largest absolute Gasteiger partial charge is 0.480 e. The summed E-state index contributed by atoms with van der Waals surface area (Å²) in [6.07, 6.45) is 1.44. The lowest BCUT2D eigenvalue weighted by molar-refractivity contribution is -0.138. The molecule has 82 valence electrons. The lowest BCUT2D eigenvalue weighted by atomic mass is 10.1. The maximum Gasteiger partial charge on any atom is 0.326 e. The number of carbonyl (C=O) groups is 1. The molecular formula is C11H14ClNO2. The summed E-state index contributed by atoms with van der Waals surface area (Å²) < 4.78 is 0. The molecule has 0 radical (unpaired) electrons. The number of hydrogen-bond donors (Lipinski definition) is 2. The summed E-state index contributed by atoms with van der Waals surface area (Å²) in [7, 11) is 0. The van der Waals surface area contributed by atoms with Gasteiger partial charge in [-0.15, -0.1) is 0 Å². The van der Waals surface area contributed by atoms with Crippen molar-refractivity contribution in [2.45, 2.75) is 25.8 Å². The molecule has 0 aliphatic rings. The third-order valence-electron chi connectivity index (χ3n) is 2.06. The number of benzene rings is 1. The Morgan fingerprint density at radius 1 is 1.47 bits per heavy atom. The number of hydrogen-bond acceptors (Lipinski definition) is 2. The van der Waals surface area contributed by atoms with Crippen LogP contribution in [0, 0.1) is 0 Å². The van der Waals surface area contributed by atoms with Crippen molar-refractivity contribution in [2.24, 2.45) is 0 Å². The second kappa shape index (κ2) is 5.61. The van der Waals surface area contributed by atoms with Gasteiger partial charge in [0.15, 0.2) is 0 Å². The molecule has 0 saturated heterocycles. The Morgan fingerprint density at radius 3 is 2.53 bits per heavy atom. The highest BCUT2D eigenvalue weighted by molar-refractivity contribution is 6.30. The Kier molecular flexibility index (Phi) is 4.43. The second-order valence-electron chi connectivity index (χ2n) is 3.33. The van der Waals surface area contributed by atoms with Crippen molar-refractivity contribution in [2.75, 3.05) is 5.32 Å². The Morgan fingerprint density at radius 2 is 2.07 bits per heavy atom. The van der Waals surface area contributed by atoms with Gasteiger partial charge < -0.3 is 10.4 Å². The van der Waals surface area contributed by atoms with Gasteiger partial charge >= 0.3 is 5.97 Å². The third kappa shape index (κ3) is 3.80. The van der Waals surface area contributed by atoms with E-state index in [9.17, 15) is 4.79 Å². The molecule has 0 fully saturated rings. The minimum atomic E-state index is -0.827. The van der Waals surface area contributed by atoms with Crippen molar-refractivity contribution >= 4 is 23.3 Å². The van der Waals surface area contributed by atoms with E-state index in [2.05, 4.69) is 5.32 Å². The summed E-state index contributed by atoms with van der Waals surface area (Å²) in [5.74, 6) is -0.827. The van der Waals surface area contributed by atoms with Crippen LogP contribution in [0.5, 0.6) is 0 Å². The van der Waals surface area contributed by atoms with Crippen LogP contribution in [0.1, 0.15) is 19.8 Å². The number of rotatable bonds is 5. The fraction of sp³-hybridized carbons (Fsp3) is 0.364. The molecule has 1 unspecified atom stereocenters. The van der Waals surface area contributed by atoms with Gasteiger partial charge in [-0.05, 0) is 30.7 Å². The van der Waals surface area contributed by atoms with Gasteiger partial charge in [0.05, 0.1) is 0 Å². The molecule has 0 aliphatic carbocycles. The van der Waals surface area contributed by atoms with E-state index in [1.54, 1.807) is 24.3 Å². The van der Waals surface area contributed by atoms with E-state index in [1.807, 2.05) is 6.92 Å². The second-order valence-corrected chi connectivity index (χ2v) is 3.77. The van der Waals surface area contributed by atoms with E-state index in [0.29, 0.717) is 11.4 Å². The van der Waals surface area contributed by atoms with Crippen LogP contribution < -0.4 is 5.32 Å². The van der Waals surface area contributed by atoms with Crippen LogP contribution in [-0.4, -0.2) is 17.1 Å². The van der Waals surface area contributed by atoms with Gasteiger partial charge in [-0.1, -0.05) is 24.9 Å². The van der Waals surface area contributed by atoms with E-state index >= 15 is 0 Å². The Labute approximate surface area is 94.1 Å². The van der Waals surface area contributed by atoms with Gasteiger partial charge in [0, 0.05) is 10.7 Å². The SMILES string of the molecule is CCCC(Nc1ccc(Cl)cc1)C(=O)O. The number of aliphatic carboxylic acids is 1. The van der Waals surface area contributed by atoms with Crippen molar-refractivity contribution in [3.8, 4) is 0 Å². The Balaban J connectivity index is 2.65. The van der Waals surface area contributed by atoms with Crippen molar-refractivity contribution < 1.29 is 9.90 Å². The Bertz CT molecular complexity index is 324. The number of carboxylic acids is 1. The van der Waals surface area contributed by atoms with Gasteiger partial charge in [0.25, 0.3) is 0 Å². The van der Waals surface area contributed by atoms with Gasteiger partial charge in [-0.2, -0.15) is 0 Å². The predicted molar refractivity (Wildman–Crippen MR) is 61.4 cm³/mol. The lowest BCUT2D eigenvalue weighted by Gasteiger charge is -2.14. The van der Waals surface area contributed by atoms with Gasteiger partial charge in [-0.25, -0.2) is 4.79 Å². The first kappa shape index (κ1) is 11.9. The highest BCUT2D eigenvalue weighted by Gasteiger charge is 2.15. The summed E-state index contributed by atoms with van der Waals surface area (Å²) in [6.45, 7) is 1.96. The molecule has 0 heterocycles. The molecule has 0 spiro atoms. The maximum atomic E-state index is 10.9. The zero-order valence-electron chi connectivity index (χ0n) is 8.53. The van der Waals surface area contributed by atoms with E-state index in [0.717, 1.165) is 12.1 Å². The first-order valence-electron chi connectivity index (χ1n) is 4.88. The van der Waals surface area contributed by atoms with Crippen LogP contribution in [0.4, 0.5) is 5.69 Å². The van der Waals surface area contributed by atoms with Crippen molar-refractivity contribution in [1.82, 2.24) is 0 Å². The molecule has 0 amide bonds. The molecule has 1 rings (SSSR count). The van der Waals surface area contributed by atoms with E-state index in [1.165, 1.54) is 0 Å². The first-order valence-corrected chi connectivity index (χ1v) is 5.26. The van der Waals surface area contributed by atoms with Crippen molar-refractivity contribution in [3.63, 3.8) is 0 Å². The monoisotopic (exact) mass is 227 g/mol. The molecule has 4 heteroatoms. The highest BCUT2D eigenvalue weighted by atomic mass is 35.5. The summed E-state index contributed by atoms with van der Waals surface area (Å²) in [5.41, 5.74) is 0.778. The zero-order valence-corrected chi connectivity index (χ0v) is 9.29. The average molecular weight is 228 g/mol. The summed E-state index contributed by atoms with van der Waals surface area (Å²) in [6, 6.07) is 6.47. The first-order chi connectivity index (χ1) is 7.13. The normalized spacial score (nSPS) is 12.1. The number of carboxylic acid groups (broad SMARTS) is 1. The van der Waals surface area contributed by atoms with E-state index < -0.39 is 12.0 Å². The molecule has 2 N–H and O–H groups in total. The highest BCUT2D eigenvalue weighted by Crippen LogP contribution is 2.15. The summed E-state index contributed by atoms with van der Waals surface area (Å²) in [4.78, 5) is 10.9. The van der Waals surface area contributed by atoms with Crippen LogP contribution >= 0.6 is 11.6 Å². The summed E-state index contributed by atoms with van der Waals surface area (Å²) >= 11 is 5.73. The quantitative estimate of drug-likeness (QED) is 0.813. The lowest BCUT2D eigenvalue weighted by Crippen LogP contribution is -2.28. The van der Waals surface area contributed by atoms with Crippen LogP contribution in [0.15, 0.2) is 24.3 Å². The molecule has 15 heavy (non-hydrogen) atoms. The van der Waals surface area contributed by atoms with Crippen molar-refractivity contribution in [3.05, 3.63) is 29.3 Å². The van der Waals surface area contributed by atoms with Crippen molar-refractivity contribution in [1.29, 1.82) is 0 Å². The van der Waals surface area contributed by atoms with Crippen LogP contribution in [0.3, 0.4) is 0 Å². The van der Waals surface area contributed by atoms with Gasteiger partial charge in [-0.3, -0.25) is 0 Å². The number of anilines is 1. The predicted octanol–water partition coefficient (Wildman–Crippen LogP) is 3.01. The molecule has 1 atom stereocenters. The average Bonchev–Trinajstić information content (AvgIpc) is 2.20. The molecule has 0 aliphatic heterocycles. The molecular weight excluding hydrogens is 214 g/mol. The fourth-order valence-corrected chi connectivity index (χ4v) is 1.42. The number of nitrogens with one attached hydrogen (secondary N) is 1. The molecule has 0 bridgehead atoms. The fourth-order valence-electron chi connectivity index (χ4n) is 1.29. The van der Waals surface area contributed by atoms with Gasteiger partial charge in [0.2, 0.25) is 0 Å². The standard InChI is InChI=1S/C11H14ClNO2/c1-2-3-10(11(14)15)13-9-6-4-8(12)5-7-9/h4-7,10,13H,2-3H2,1H3,(H,14,15). The van der Waals surface area contributed by atoms with E-state index in [-0.39, 0.29) is 0 Å². The topological polar surface area (TPSA) is 49.3 Å². The number of halogens is 1. The Hall–Kier alpha value is -1.22. The molecule has 1 aromatic carbocycles. The molecule has 3 nitrogen and oxygen atoms in total. The molecule has 0 aromatic heterocycles.